The van der Waals surface area contributed by atoms with Gasteiger partial charge in [-0.1, -0.05) is 6.92 Å². The smallest absolute Gasteiger partial charge is 0.326 e. The summed E-state index contributed by atoms with van der Waals surface area (Å²) in [6, 6.07) is -2.27. The molecule has 114 valence electrons. The molecule has 0 bridgehead atoms. The van der Waals surface area contributed by atoms with Gasteiger partial charge in [-0.2, -0.15) is 0 Å². The van der Waals surface area contributed by atoms with Crippen LogP contribution in [0.3, 0.4) is 0 Å². The quantitative estimate of drug-likeness (QED) is 0.471. The Morgan fingerprint density at radius 2 is 1.75 bits per heavy atom. The number of amides is 3. The maximum Gasteiger partial charge on any atom is 0.326 e. The molecule has 0 fully saturated rings. The minimum Gasteiger partial charge on any atom is -0.481 e. The van der Waals surface area contributed by atoms with E-state index in [0.717, 1.165) is 4.90 Å². The van der Waals surface area contributed by atoms with Crippen LogP contribution in [-0.4, -0.2) is 65.7 Å². The van der Waals surface area contributed by atoms with Crippen molar-refractivity contribution in [2.45, 2.75) is 19.4 Å². The molecule has 0 aromatic rings. The van der Waals surface area contributed by atoms with Crippen LogP contribution in [0.15, 0.2) is 0 Å². The maximum atomic E-state index is 11.7. The third-order valence-electron chi connectivity index (χ3n) is 2.56. The van der Waals surface area contributed by atoms with E-state index in [2.05, 4.69) is 10.6 Å². The molecule has 0 aromatic carbocycles. The summed E-state index contributed by atoms with van der Waals surface area (Å²) in [4.78, 5) is 45.4. The van der Waals surface area contributed by atoms with Crippen LogP contribution < -0.4 is 10.6 Å². The van der Waals surface area contributed by atoms with Gasteiger partial charge in [0.25, 0.3) is 0 Å². The van der Waals surface area contributed by atoms with E-state index in [1.54, 1.807) is 6.92 Å². The summed E-state index contributed by atoms with van der Waals surface area (Å²) < 4.78 is 0. The first kappa shape index (κ1) is 17.7. The molecule has 9 heteroatoms. The molecule has 0 spiro atoms. The zero-order chi connectivity index (χ0) is 15.9. The van der Waals surface area contributed by atoms with Gasteiger partial charge in [-0.25, -0.2) is 9.59 Å². The fourth-order valence-corrected chi connectivity index (χ4v) is 1.46. The van der Waals surface area contributed by atoms with E-state index in [0.29, 0.717) is 0 Å². The van der Waals surface area contributed by atoms with Gasteiger partial charge in [-0.15, -0.1) is 0 Å². The Kier molecular flexibility index (Phi) is 7.05. The standard InChI is InChI=1S/C11H19N3O6/c1-6(9(17)12-2)5-14(3)11(20)13-7(10(18)19)4-8(15)16/h6-7H,4-5H2,1-3H3,(H,12,17)(H,13,20)(H,15,16)(H,18,19)/t6?,7-/m0/s1. The monoisotopic (exact) mass is 289 g/mol. The van der Waals surface area contributed by atoms with Crippen LogP contribution in [0.25, 0.3) is 0 Å². The first-order chi connectivity index (χ1) is 9.18. The molecule has 1 unspecified atom stereocenters. The summed E-state index contributed by atoms with van der Waals surface area (Å²) in [6.45, 7) is 1.68. The Morgan fingerprint density at radius 3 is 2.15 bits per heavy atom. The zero-order valence-electron chi connectivity index (χ0n) is 11.5. The van der Waals surface area contributed by atoms with Crippen molar-refractivity contribution in [2.75, 3.05) is 20.6 Å². The van der Waals surface area contributed by atoms with Gasteiger partial charge in [-0.3, -0.25) is 9.59 Å². The fourth-order valence-electron chi connectivity index (χ4n) is 1.46. The molecular weight excluding hydrogens is 270 g/mol. The van der Waals surface area contributed by atoms with E-state index in [1.165, 1.54) is 14.1 Å². The molecule has 0 aliphatic heterocycles. The first-order valence-electron chi connectivity index (χ1n) is 5.86. The van der Waals surface area contributed by atoms with Crippen molar-refractivity contribution >= 4 is 23.9 Å². The number of carboxylic acids is 2. The van der Waals surface area contributed by atoms with Gasteiger partial charge in [0.05, 0.1) is 12.3 Å². The Morgan fingerprint density at radius 1 is 1.20 bits per heavy atom. The number of hydrogen-bond acceptors (Lipinski definition) is 4. The molecule has 0 rings (SSSR count). The molecule has 20 heavy (non-hydrogen) atoms. The summed E-state index contributed by atoms with van der Waals surface area (Å²) in [7, 11) is 2.85. The fraction of sp³-hybridized carbons (Fsp3) is 0.636. The maximum absolute atomic E-state index is 11.7. The number of carboxylic acid groups (broad SMARTS) is 2. The van der Waals surface area contributed by atoms with Crippen LogP contribution in [0.1, 0.15) is 13.3 Å². The molecule has 3 amide bonds. The summed E-state index contributed by atoms with van der Waals surface area (Å²) in [6.07, 6.45) is -0.722. The van der Waals surface area contributed by atoms with Crippen molar-refractivity contribution in [3.8, 4) is 0 Å². The largest absolute Gasteiger partial charge is 0.481 e. The van der Waals surface area contributed by atoms with Crippen molar-refractivity contribution in [1.29, 1.82) is 0 Å². The van der Waals surface area contributed by atoms with Crippen molar-refractivity contribution < 1.29 is 29.4 Å². The van der Waals surface area contributed by atoms with E-state index in [-0.39, 0.29) is 12.5 Å². The van der Waals surface area contributed by atoms with Crippen molar-refractivity contribution in [3.05, 3.63) is 0 Å². The van der Waals surface area contributed by atoms with Gasteiger partial charge < -0.3 is 25.7 Å². The van der Waals surface area contributed by atoms with Crippen molar-refractivity contribution in [3.63, 3.8) is 0 Å². The molecule has 2 atom stereocenters. The average molecular weight is 289 g/mol. The molecule has 0 aromatic heterocycles. The molecule has 0 aliphatic carbocycles. The second-order valence-electron chi connectivity index (χ2n) is 4.33. The Balaban J connectivity index is 4.53. The van der Waals surface area contributed by atoms with Crippen LogP contribution in [0.4, 0.5) is 4.79 Å². The number of nitrogens with one attached hydrogen (secondary N) is 2. The zero-order valence-corrected chi connectivity index (χ0v) is 11.5. The molecule has 9 nitrogen and oxygen atoms in total. The topological polar surface area (TPSA) is 136 Å². The highest BCUT2D eigenvalue weighted by Gasteiger charge is 2.25. The van der Waals surface area contributed by atoms with Crippen molar-refractivity contribution in [1.82, 2.24) is 15.5 Å². The minimum absolute atomic E-state index is 0.0743. The summed E-state index contributed by atoms with van der Waals surface area (Å²) in [5.74, 6) is -3.50. The van der Waals surface area contributed by atoms with Gasteiger partial charge in [0.1, 0.15) is 6.04 Å². The number of nitrogens with zero attached hydrogens (tertiary/aromatic N) is 1. The number of aliphatic carboxylic acids is 2. The van der Waals surface area contributed by atoms with E-state index < -0.39 is 36.4 Å². The van der Waals surface area contributed by atoms with E-state index in [4.69, 9.17) is 10.2 Å². The van der Waals surface area contributed by atoms with Crippen LogP contribution in [0.5, 0.6) is 0 Å². The second kappa shape index (κ2) is 7.97. The molecular formula is C11H19N3O6. The molecule has 0 saturated heterocycles. The normalized spacial score (nSPS) is 12.9. The Labute approximate surface area is 115 Å². The van der Waals surface area contributed by atoms with Gasteiger partial charge in [-0.05, 0) is 0 Å². The van der Waals surface area contributed by atoms with Gasteiger partial charge in [0.15, 0.2) is 0 Å². The van der Waals surface area contributed by atoms with Crippen LogP contribution in [0, 0.1) is 5.92 Å². The van der Waals surface area contributed by atoms with Crippen LogP contribution >= 0.6 is 0 Å². The van der Waals surface area contributed by atoms with Gasteiger partial charge in [0.2, 0.25) is 5.91 Å². The molecule has 0 radical (unpaired) electrons. The van der Waals surface area contributed by atoms with E-state index in [9.17, 15) is 19.2 Å². The summed E-state index contributed by atoms with van der Waals surface area (Å²) in [5, 5.41) is 21.9. The lowest BCUT2D eigenvalue weighted by Crippen LogP contribution is -2.49. The number of rotatable bonds is 7. The number of urea groups is 1. The first-order valence-corrected chi connectivity index (χ1v) is 5.86. The van der Waals surface area contributed by atoms with E-state index >= 15 is 0 Å². The lowest BCUT2D eigenvalue weighted by Gasteiger charge is -2.23. The molecule has 0 aliphatic rings. The van der Waals surface area contributed by atoms with Crippen LogP contribution in [-0.2, 0) is 14.4 Å². The third kappa shape index (κ3) is 6.03. The minimum atomic E-state index is -1.52. The SMILES string of the molecule is CNC(=O)C(C)CN(C)C(=O)N[C@@H](CC(=O)O)C(=O)O. The predicted octanol–water partition coefficient (Wildman–Crippen LogP) is -1.06. The highest BCUT2D eigenvalue weighted by atomic mass is 16.4. The van der Waals surface area contributed by atoms with Crippen molar-refractivity contribution in [2.24, 2.45) is 5.92 Å². The molecule has 0 saturated carbocycles. The molecule has 4 N–H and O–H groups in total. The Bertz CT molecular complexity index is 398. The molecule has 0 heterocycles. The average Bonchev–Trinajstić information content (AvgIpc) is 2.35. The number of carbonyl (C=O) groups is 4. The number of carbonyl (C=O) groups excluding carboxylic acids is 2. The summed E-state index contributed by atoms with van der Waals surface area (Å²) >= 11 is 0. The second-order valence-corrected chi connectivity index (χ2v) is 4.33. The lowest BCUT2D eigenvalue weighted by molar-refractivity contribution is -0.145. The lowest BCUT2D eigenvalue weighted by atomic mass is 10.1. The highest BCUT2D eigenvalue weighted by Crippen LogP contribution is 2.00. The predicted molar refractivity (Wildman–Crippen MR) is 68.1 cm³/mol. The van der Waals surface area contributed by atoms with E-state index in [1.807, 2.05) is 0 Å². The van der Waals surface area contributed by atoms with Gasteiger partial charge in [0, 0.05) is 20.6 Å². The highest BCUT2D eigenvalue weighted by molar-refractivity contribution is 5.86. The number of hydrogen-bond donors (Lipinski definition) is 4. The Hall–Kier alpha value is -2.32. The van der Waals surface area contributed by atoms with Crippen LogP contribution in [0.2, 0.25) is 0 Å². The summed E-state index contributed by atoms with van der Waals surface area (Å²) in [5.41, 5.74) is 0. The third-order valence-corrected chi connectivity index (χ3v) is 2.56. The van der Waals surface area contributed by atoms with Gasteiger partial charge >= 0.3 is 18.0 Å².